The van der Waals surface area contributed by atoms with Gasteiger partial charge in [-0.3, -0.25) is 0 Å². The highest BCUT2D eigenvalue weighted by Crippen LogP contribution is 2.31. The number of para-hydroxylation sites is 1. The van der Waals surface area contributed by atoms with E-state index in [1.54, 1.807) is 0 Å². The van der Waals surface area contributed by atoms with Gasteiger partial charge in [-0.25, -0.2) is 4.79 Å². The summed E-state index contributed by atoms with van der Waals surface area (Å²) in [5, 5.41) is 6.54. The minimum absolute atomic E-state index is 0.378. The zero-order chi connectivity index (χ0) is 17.7. The van der Waals surface area contributed by atoms with E-state index in [0.717, 1.165) is 23.1 Å². The molecule has 4 heteroatoms. The van der Waals surface area contributed by atoms with E-state index in [9.17, 15) is 4.79 Å². The van der Waals surface area contributed by atoms with Gasteiger partial charge in [-0.15, -0.1) is 0 Å². The number of ether oxygens (including phenoxy) is 1. The van der Waals surface area contributed by atoms with Crippen molar-refractivity contribution in [1.29, 1.82) is 0 Å². The van der Waals surface area contributed by atoms with Gasteiger partial charge < -0.3 is 15.4 Å². The molecule has 0 heterocycles. The second-order valence-electron chi connectivity index (χ2n) is 8.27. The summed E-state index contributed by atoms with van der Waals surface area (Å²) in [6, 6.07) is 8.69. The van der Waals surface area contributed by atoms with E-state index in [1.807, 2.05) is 32.9 Å². The lowest BCUT2D eigenvalue weighted by molar-refractivity contribution is 0.0523. The summed E-state index contributed by atoms with van der Waals surface area (Å²) in [6.45, 7) is 10.7. The van der Waals surface area contributed by atoms with Crippen LogP contribution in [0.3, 0.4) is 0 Å². The summed E-state index contributed by atoms with van der Waals surface area (Å²) < 4.78 is 5.31. The van der Waals surface area contributed by atoms with Crippen LogP contribution in [0.25, 0.3) is 0 Å². The molecule has 2 atom stereocenters. The molecule has 1 saturated carbocycles. The number of nitrogens with one attached hydrogen (secondary N) is 2. The molecule has 2 rings (SSSR count). The molecule has 1 fully saturated rings. The van der Waals surface area contributed by atoms with Crippen LogP contribution >= 0.6 is 0 Å². The first-order valence-electron chi connectivity index (χ1n) is 9.04. The predicted molar refractivity (Wildman–Crippen MR) is 99.1 cm³/mol. The Hall–Kier alpha value is -1.71. The summed E-state index contributed by atoms with van der Waals surface area (Å²) in [6.07, 6.45) is 3.35. The number of benzene rings is 1. The van der Waals surface area contributed by atoms with Crippen LogP contribution in [0.1, 0.15) is 59.4 Å². The molecule has 1 aromatic rings. The van der Waals surface area contributed by atoms with Crippen LogP contribution in [0.4, 0.5) is 10.5 Å². The fraction of sp³-hybridized carbons (Fsp3) is 0.650. The Bertz CT molecular complexity index is 541. The van der Waals surface area contributed by atoms with Crippen molar-refractivity contribution in [1.82, 2.24) is 5.32 Å². The van der Waals surface area contributed by atoms with Crippen LogP contribution in [-0.4, -0.2) is 17.7 Å². The highest BCUT2D eigenvalue weighted by atomic mass is 16.6. The molecule has 0 bridgehead atoms. The van der Waals surface area contributed by atoms with Gasteiger partial charge in [0.2, 0.25) is 0 Å². The molecular formula is C20H32N2O2. The first kappa shape index (κ1) is 18.6. The van der Waals surface area contributed by atoms with Crippen molar-refractivity contribution in [3.8, 4) is 0 Å². The predicted octanol–water partition coefficient (Wildman–Crippen LogP) is 4.95. The first-order valence-corrected chi connectivity index (χ1v) is 9.04. The minimum atomic E-state index is -0.476. The molecule has 1 amide bonds. The van der Waals surface area contributed by atoms with Crippen molar-refractivity contribution in [3.63, 3.8) is 0 Å². The standard InChI is InChI=1S/C20H32N2O2/c1-14-10-15(2)12-17(11-14)22-18-9-7-6-8-16(18)13-21-19(23)24-20(3,4)5/h6-9,14-15,17,22H,10-13H2,1-5H3,(H,21,23). The molecule has 0 aromatic heterocycles. The van der Waals surface area contributed by atoms with Crippen molar-refractivity contribution in [3.05, 3.63) is 29.8 Å². The number of hydrogen-bond acceptors (Lipinski definition) is 3. The Labute approximate surface area is 146 Å². The van der Waals surface area contributed by atoms with E-state index in [2.05, 4.69) is 36.6 Å². The second-order valence-corrected chi connectivity index (χ2v) is 8.27. The van der Waals surface area contributed by atoms with Crippen LogP contribution in [0, 0.1) is 11.8 Å². The lowest BCUT2D eigenvalue weighted by atomic mass is 9.80. The van der Waals surface area contributed by atoms with Crippen molar-refractivity contribution in [2.75, 3.05) is 5.32 Å². The van der Waals surface area contributed by atoms with Crippen LogP contribution < -0.4 is 10.6 Å². The molecule has 2 unspecified atom stereocenters. The van der Waals surface area contributed by atoms with Gasteiger partial charge in [0.1, 0.15) is 5.60 Å². The number of hydrogen-bond donors (Lipinski definition) is 2. The molecule has 4 nitrogen and oxygen atoms in total. The smallest absolute Gasteiger partial charge is 0.407 e. The third kappa shape index (κ3) is 6.06. The van der Waals surface area contributed by atoms with E-state index in [0.29, 0.717) is 12.6 Å². The number of anilines is 1. The monoisotopic (exact) mass is 332 g/mol. The Balaban J connectivity index is 1.96. The van der Waals surface area contributed by atoms with E-state index in [1.165, 1.54) is 19.3 Å². The molecule has 24 heavy (non-hydrogen) atoms. The van der Waals surface area contributed by atoms with Gasteiger partial charge in [-0.1, -0.05) is 32.0 Å². The fourth-order valence-electron chi connectivity index (χ4n) is 3.58. The molecule has 1 aromatic carbocycles. The summed E-state index contributed by atoms with van der Waals surface area (Å²) in [5.41, 5.74) is 1.73. The number of carbonyl (C=O) groups is 1. The van der Waals surface area contributed by atoms with E-state index in [4.69, 9.17) is 4.74 Å². The summed E-state index contributed by atoms with van der Waals surface area (Å²) in [5.74, 6) is 1.52. The van der Waals surface area contributed by atoms with Crippen LogP contribution in [0.2, 0.25) is 0 Å². The van der Waals surface area contributed by atoms with Gasteiger partial charge in [0.25, 0.3) is 0 Å². The first-order chi connectivity index (χ1) is 11.2. The second kappa shape index (κ2) is 7.91. The molecular weight excluding hydrogens is 300 g/mol. The molecule has 0 radical (unpaired) electrons. The molecule has 0 saturated heterocycles. The average Bonchev–Trinajstić information content (AvgIpc) is 2.43. The van der Waals surface area contributed by atoms with Gasteiger partial charge in [-0.05, 0) is 63.5 Å². The molecule has 0 spiro atoms. The Kier molecular flexibility index (Phi) is 6.14. The van der Waals surface area contributed by atoms with Crippen molar-refractivity contribution >= 4 is 11.8 Å². The van der Waals surface area contributed by atoms with Gasteiger partial charge in [0.15, 0.2) is 0 Å². The fourth-order valence-corrected chi connectivity index (χ4v) is 3.58. The number of amides is 1. The van der Waals surface area contributed by atoms with Gasteiger partial charge in [0.05, 0.1) is 0 Å². The molecule has 1 aliphatic rings. The normalized spacial score (nSPS) is 24.3. The maximum Gasteiger partial charge on any atom is 0.407 e. The minimum Gasteiger partial charge on any atom is -0.444 e. The molecule has 2 N–H and O–H groups in total. The summed E-state index contributed by atoms with van der Waals surface area (Å²) in [7, 11) is 0. The summed E-state index contributed by atoms with van der Waals surface area (Å²) in [4.78, 5) is 11.9. The largest absolute Gasteiger partial charge is 0.444 e. The molecule has 134 valence electrons. The number of alkyl carbamates (subject to hydrolysis) is 1. The Morgan fingerprint density at radius 1 is 1.12 bits per heavy atom. The molecule has 1 aliphatic carbocycles. The average molecular weight is 332 g/mol. The maximum absolute atomic E-state index is 11.9. The Morgan fingerprint density at radius 3 is 2.38 bits per heavy atom. The third-order valence-corrected chi connectivity index (χ3v) is 4.38. The topological polar surface area (TPSA) is 50.4 Å². The van der Waals surface area contributed by atoms with Gasteiger partial charge in [-0.2, -0.15) is 0 Å². The van der Waals surface area contributed by atoms with Crippen LogP contribution in [0.15, 0.2) is 24.3 Å². The lowest BCUT2D eigenvalue weighted by Crippen LogP contribution is -2.33. The third-order valence-electron chi connectivity index (χ3n) is 4.38. The van der Waals surface area contributed by atoms with Gasteiger partial charge >= 0.3 is 6.09 Å². The van der Waals surface area contributed by atoms with Crippen molar-refractivity contribution in [2.45, 2.75) is 72.1 Å². The van der Waals surface area contributed by atoms with Crippen LogP contribution in [-0.2, 0) is 11.3 Å². The number of rotatable bonds is 4. The zero-order valence-corrected chi connectivity index (χ0v) is 15.7. The highest BCUT2D eigenvalue weighted by Gasteiger charge is 2.24. The van der Waals surface area contributed by atoms with E-state index < -0.39 is 5.60 Å². The van der Waals surface area contributed by atoms with Crippen molar-refractivity contribution < 1.29 is 9.53 Å². The lowest BCUT2D eigenvalue weighted by Gasteiger charge is -2.33. The molecule has 0 aliphatic heterocycles. The van der Waals surface area contributed by atoms with E-state index in [-0.39, 0.29) is 6.09 Å². The SMILES string of the molecule is CC1CC(C)CC(Nc2ccccc2CNC(=O)OC(C)(C)C)C1. The van der Waals surface area contributed by atoms with Gasteiger partial charge in [0, 0.05) is 18.3 Å². The van der Waals surface area contributed by atoms with E-state index >= 15 is 0 Å². The quantitative estimate of drug-likeness (QED) is 0.820. The zero-order valence-electron chi connectivity index (χ0n) is 15.7. The Morgan fingerprint density at radius 2 is 1.75 bits per heavy atom. The van der Waals surface area contributed by atoms with Crippen LogP contribution in [0.5, 0.6) is 0 Å². The number of carbonyl (C=O) groups excluding carboxylic acids is 1. The van der Waals surface area contributed by atoms with Crippen molar-refractivity contribution in [2.24, 2.45) is 11.8 Å². The summed E-state index contributed by atoms with van der Waals surface area (Å²) >= 11 is 0. The maximum atomic E-state index is 11.9. The highest BCUT2D eigenvalue weighted by molar-refractivity contribution is 5.68.